The summed E-state index contributed by atoms with van der Waals surface area (Å²) in [5, 5.41) is 4.10. The van der Waals surface area contributed by atoms with Gasteiger partial charge in [-0.3, -0.25) is 4.79 Å². The number of rotatable bonds is 3. The van der Waals surface area contributed by atoms with Crippen molar-refractivity contribution in [3.05, 3.63) is 58.5 Å². The molecule has 0 atom stereocenters. The summed E-state index contributed by atoms with van der Waals surface area (Å²) < 4.78 is 5.55. The first-order chi connectivity index (χ1) is 9.47. The van der Waals surface area contributed by atoms with Gasteiger partial charge in [-0.2, -0.15) is 5.10 Å². The van der Waals surface area contributed by atoms with E-state index in [4.69, 9.17) is 4.42 Å². The number of nitrogens with one attached hydrogen (secondary N) is 1. The van der Waals surface area contributed by atoms with Gasteiger partial charge >= 0.3 is 0 Å². The minimum atomic E-state index is -0.228. The fourth-order valence-electron chi connectivity index (χ4n) is 2.04. The van der Waals surface area contributed by atoms with Gasteiger partial charge in [0.05, 0.1) is 0 Å². The summed E-state index contributed by atoms with van der Waals surface area (Å²) in [5.41, 5.74) is 5.84. The molecule has 1 aromatic heterocycles. The van der Waals surface area contributed by atoms with Gasteiger partial charge in [0.15, 0.2) is 5.76 Å². The third kappa shape index (κ3) is 3.15. The average molecular weight is 270 g/mol. The van der Waals surface area contributed by atoms with Gasteiger partial charge in [-0.15, -0.1) is 0 Å². The lowest BCUT2D eigenvalue weighted by atomic mass is 10.1. The van der Waals surface area contributed by atoms with Crippen molar-refractivity contribution >= 4 is 11.6 Å². The molecular weight excluding hydrogens is 252 g/mol. The van der Waals surface area contributed by atoms with E-state index in [0.29, 0.717) is 17.0 Å². The minimum Gasteiger partial charge on any atom is -0.460 e. The smallest absolute Gasteiger partial charge is 0.271 e. The van der Waals surface area contributed by atoms with Crippen molar-refractivity contribution in [2.24, 2.45) is 5.10 Å². The number of hydrogen-bond acceptors (Lipinski definition) is 3. The van der Waals surface area contributed by atoms with Crippen LogP contribution in [-0.4, -0.2) is 11.6 Å². The van der Waals surface area contributed by atoms with Crippen LogP contribution in [0.1, 0.15) is 39.9 Å². The zero-order valence-electron chi connectivity index (χ0n) is 12.2. The second-order valence-electron chi connectivity index (χ2n) is 4.88. The fraction of sp³-hybridized carbons (Fsp3) is 0.250. The lowest BCUT2D eigenvalue weighted by Gasteiger charge is -2.03. The normalized spacial score (nSPS) is 11.5. The molecule has 4 nitrogen and oxygen atoms in total. The largest absolute Gasteiger partial charge is 0.460 e. The van der Waals surface area contributed by atoms with Crippen LogP contribution in [0.2, 0.25) is 0 Å². The number of furan rings is 1. The van der Waals surface area contributed by atoms with Gasteiger partial charge in [-0.05, 0) is 51.5 Å². The lowest BCUT2D eigenvalue weighted by molar-refractivity contribution is 0.0954. The standard InChI is InChI=1S/C16H18N2O2/c1-10-6-5-7-14(8-10)16(19)18-17-13(4)15-11(2)9-12(3)20-15/h5-9H,1-4H3,(H,18,19). The molecule has 104 valence electrons. The average Bonchev–Trinajstić information content (AvgIpc) is 2.74. The lowest BCUT2D eigenvalue weighted by Crippen LogP contribution is -2.19. The van der Waals surface area contributed by atoms with E-state index >= 15 is 0 Å². The van der Waals surface area contributed by atoms with Gasteiger partial charge in [0, 0.05) is 5.56 Å². The van der Waals surface area contributed by atoms with Crippen LogP contribution in [0.4, 0.5) is 0 Å². The van der Waals surface area contributed by atoms with E-state index in [0.717, 1.165) is 16.9 Å². The van der Waals surface area contributed by atoms with Gasteiger partial charge in [-0.1, -0.05) is 17.7 Å². The molecule has 0 radical (unpaired) electrons. The number of benzene rings is 1. The van der Waals surface area contributed by atoms with Crippen LogP contribution in [0.15, 0.2) is 39.9 Å². The molecule has 1 aromatic carbocycles. The van der Waals surface area contributed by atoms with Crippen molar-refractivity contribution in [1.82, 2.24) is 5.43 Å². The highest BCUT2D eigenvalue weighted by molar-refractivity contribution is 6.00. The Morgan fingerprint density at radius 1 is 1.20 bits per heavy atom. The molecule has 0 aliphatic rings. The summed E-state index contributed by atoms with van der Waals surface area (Å²) in [5.74, 6) is 1.30. The number of amides is 1. The molecule has 0 aliphatic heterocycles. The van der Waals surface area contributed by atoms with E-state index < -0.39 is 0 Å². The third-order valence-corrected chi connectivity index (χ3v) is 2.97. The van der Waals surface area contributed by atoms with Gasteiger partial charge in [-0.25, -0.2) is 5.43 Å². The Balaban J connectivity index is 2.13. The predicted molar refractivity (Wildman–Crippen MR) is 79.0 cm³/mol. The number of aryl methyl sites for hydroxylation is 3. The zero-order chi connectivity index (χ0) is 14.7. The Kier molecular flexibility index (Phi) is 4.03. The van der Waals surface area contributed by atoms with E-state index in [-0.39, 0.29) is 5.91 Å². The predicted octanol–water partition coefficient (Wildman–Crippen LogP) is 3.36. The quantitative estimate of drug-likeness (QED) is 0.686. The number of carbonyl (C=O) groups excluding carboxylic acids is 1. The van der Waals surface area contributed by atoms with Gasteiger partial charge < -0.3 is 4.42 Å². The summed E-state index contributed by atoms with van der Waals surface area (Å²) in [6.45, 7) is 7.59. The van der Waals surface area contributed by atoms with Crippen LogP contribution >= 0.6 is 0 Å². The van der Waals surface area contributed by atoms with Crippen LogP contribution in [-0.2, 0) is 0 Å². The molecule has 4 heteroatoms. The SMILES string of the molecule is CC(=NNC(=O)c1cccc(C)c1)c1oc(C)cc1C. The zero-order valence-corrected chi connectivity index (χ0v) is 12.2. The number of hydrazone groups is 1. The summed E-state index contributed by atoms with van der Waals surface area (Å²) >= 11 is 0. The molecule has 0 saturated carbocycles. The van der Waals surface area contributed by atoms with Crippen molar-refractivity contribution in [3.8, 4) is 0 Å². The molecule has 0 aliphatic carbocycles. The topological polar surface area (TPSA) is 54.6 Å². The summed E-state index contributed by atoms with van der Waals surface area (Å²) in [6.07, 6.45) is 0. The van der Waals surface area contributed by atoms with Crippen molar-refractivity contribution in [2.75, 3.05) is 0 Å². The maximum atomic E-state index is 12.0. The maximum Gasteiger partial charge on any atom is 0.271 e. The highest BCUT2D eigenvalue weighted by atomic mass is 16.3. The number of carbonyl (C=O) groups is 1. The molecule has 0 bridgehead atoms. The molecule has 0 fully saturated rings. The molecule has 1 heterocycles. The van der Waals surface area contributed by atoms with Crippen LogP contribution in [0, 0.1) is 20.8 Å². The first-order valence-electron chi connectivity index (χ1n) is 6.46. The van der Waals surface area contributed by atoms with Crippen molar-refractivity contribution < 1.29 is 9.21 Å². The van der Waals surface area contributed by atoms with Gasteiger partial charge in [0.1, 0.15) is 11.5 Å². The van der Waals surface area contributed by atoms with Crippen molar-refractivity contribution in [3.63, 3.8) is 0 Å². The molecule has 1 N–H and O–H groups in total. The number of hydrogen-bond donors (Lipinski definition) is 1. The van der Waals surface area contributed by atoms with E-state index in [9.17, 15) is 4.79 Å². The Labute approximate surface area is 118 Å². The maximum absolute atomic E-state index is 12.0. The summed E-state index contributed by atoms with van der Waals surface area (Å²) in [4.78, 5) is 12.0. The molecule has 0 spiro atoms. The summed E-state index contributed by atoms with van der Waals surface area (Å²) in [7, 11) is 0. The Hall–Kier alpha value is -2.36. The highest BCUT2D eigenvalue weighted by Gasteiger charge is 2.09. The van der Waals surface area contributed by atoms with Crippen molar-refractivity contribution in [1.29, 1.82) is 0 Å². The monoisotopic (exact) mass is 270 g/mol. The number of nitrogens with zero attached hydrogens (tertiary/aromatic N) is 1. The van der Waals surface area contributed by atoms with Gasteiger partial charge in [0.2, 0.25) is 0 Å². The van der Waals surface area contributed by atoms with Crippen LogP contribution in [0.25, 0.3) is 0 Å². The van der Waals surface area contributed by atoms with E-state index in [1.807, 2.05) is 52.0 Å². The Morgan fingerprint density at radius 3 is 2.55 bits per heavy atom. The highest BCUT2D eigenvalue weighted by Crippen LogP contribution is 2.14. The van der Waals surface area contributed by atoms with Crippen LogP contribution in [0.5, 0.6) is 0 Å². The molecule has 2 rings (SSSR count). The molecule has 20 heavy (non-hydrogen) atoms. The van der Waals surface area contributed by atoms with E-state index in [1.165, 1.54) is 0 Å². The second-order valence-corrected chi connectivity index (χ2v) is 4.88. The Bertz CT molecular complexity index is 669. The summed E-state index contributed by atoms with van der Waals surface area (Å²) in [6, 6.07) is 9.32. The molecule has 0 saturated heterocycles. The van der Waals surface area contributed by atoms with Crippen LogP contribution < -0.4 is 5.43 Å². The first kappa shape index (κ1) is 14.1. The van der Waals surface area contributed by atoms with Crippen molar-refractivity contribution in [2.45, 2.75) is 27.7 Å². The molecule has 0 unspecified atom stereocenters. The van der Waals surface area contributed by atoms with E-state index in [1.54, 1.807) is 6.07 Å². The second kappa shape index (κ2) is 5.74. The van der Waals surface area contributed by atoms with Crippen LogP contribution in [0.3, 0.4) is 0 Å². The molecule has 2 aromatic rings. The van der Waals surface area contributed by atoms with Gasteiger partial charge in [0.25, 0.3) is 5.91 Å². The molecular formula is C16H18N2O2. The Morgan fingerprint density at radius 2 is 1.95 bits per heavy atom. The molecule has 1 amide bonds. The van der Waals surface area contributed by atoms with E-state index in [2.05, 4.69) is 10.5 Å². The first-order valence-corrected chi connectivity index (χ1v) is 6.46. The third-order valence-electron chi connectivity index (χ3n) is 2.97. The fourth-order valence-corrected chi connectivity index (χ4v) is 2.04. The minimum absolute atomic E-state index is 0.228.